The Labute approximate surface area is 243 Å². The van der Waals surface area contributed by atoms with Crippen LogP contribution in [0.1, 0.15) is 60.7 Å². The Morgan fingerprint density at radius 3 is 2.00 bits per heavy atom. The summed E-state index contributed by atoms with van der Waals surface area (Å²) in [5, 5.41) is 0. The van der Waals surface area contributed by atoms with Gasteiger partial charge in [-0.05, 0) is 59.4 Å². The van der Waals surface area contributed by atoms with E-state index in [-0.39, 0.29) is 29.6 Å². The molecule has 3 aromatic carbocycles. The maximum atomic E-state index is 13.1. The lowest BCUT2D eigenvalue weighted by atomic mass is 9.86. The van der Waals surface area contributed by atoms with Crippen LogP contribution in [0.5, 0.6) is 0 Å². The Morgan fingerprint density at radius 2 is 1.44 bits per heavy atom. The van der Waals surface area contributed by atoms with Crippen LogP contribution >= 0.6 is 0 Å². The zero-order chi connectivity index (χ0) is 29.5. The van der Waals surface area contributed by atoms with E-state index in [1.54, 1.807) is 17.0 Å². The molecular formula is C32H39N3O5S. The largest absolute Gasteiger partial charge is 0.445 e. The molecule has 3 aromatic rings. The monoisotopic (exact) mass is 577 g/mol. The molecule has 41 heavy (non-hydrogen) atoms. The second-order valence-electron chi connectivity index (χ2n) is 11.5. The van der Waals surface area contributed by atoms with Crippen LogP contribution in [0.4, 0.5) is 4.79 Å². The first kappa shape index (κ1) is 30.3. The molecule has 218 valence electrons. The summed E-state index contributed by atoms with van der Waals surface area (Å²) < 4.78 is 36.7. The molecule has 2 amide bonds. The van der Waals surface area contributed by atoms with Gasteiger partial charge in [0.15, 0.2) is 0 Å². The Bertz CT molecular complexity index is 1400. The van der Waals surface area contributed by atoms with Crippen molar-refractivity contribution in [1.82, 2.24) is 14.3 Å². The topological polar surface area (TPSA) is 105 Å². The molecule has 4 rings (SSSR count). The predicted octanol–water partition coefficient (Wildman–Crippen LogP) is 5.21. The van der Waals surface area contributed by atoms with Crippen LogP contribution < -0.4 is 9.44 Å². The summed E-state index contributed by atoms with van der Waals surface area (Å²) in [6.45, 7) is 7.33. The maximum absolute atomic E-state index is 13.1. The second-order valence-corrected chi connectivity index (χ2v) is 13.0. The molecule has 0 radical (unpaired) electrons. The molecule has 0 saturated carbocycles. The van der Waals surface area contributed by atoms with E-state index in [9.17, 15) is 18.0 Å². The van der Waals surface area contributed by atoms with E-state index in [1.807, 2.05) is 72.8 Å². The predicted molar refractivity (Wildman–Crippen MR) is 160 cm³/mol. The van der Waals surface area contributed by atoms with Crippen LogP contribution in [0.3, 0.4) is 0 Å². The fraction of sp³-hybridized carbons (Fsp3) is 0.375. The van der Waals surface area contributed by atoms with Gasteiger partial charge in [0.1, 0.15) is 6.61 Å². The molecule has 0 spiro atoms. The summed E-state index contributed by atoms with van der Waals surface area (Å²) in [4.78, 5) is 27.1. The number of amides is 2. The third kappa shape index (κ3) is 8.90. The van der Waals surface area contributed by atoms with Crippen molar-refractivity contribution in [3.8, 4) is 0 Å². The van der Waals surface area contributed by atoms with E-state index in [0.29, 0.717) is 32.4 Å². The average molecular weight is 578 g/mol. The van der Waals surface area contributed by atoms with E-state index in [4.69, 9.17) is 4.74 Å². The highest BCUT2D eigenvalue weighted by molar-refractivity contribution is 7.88. The number of hydrogen-bond acceptors (Lipinski definition) is 5. The third-order valence-corrected chi connectivity index (χ3v) is 8.48. The molecule has 0 aromatic heterocycles. The lowest BCUT2D eigenvalue weighted by molar-refractivity contribution is 0.0789. The van der Waals surface area contributed by atoms with Crippen LogP contribution in [-0.2, 0) is 33.4 Å². The fourth-order valence-electron chi connectivity index (χ4n) is 5.00. The van der Waals surface area contributed by atoms with E-state index < -0.39 is 22.2 Å². The number of piperidine rings is 1. The number of nitrogens with zero attached hydrogens (tertiary/aromatic N) is 1. The minimum absolute atomic E-state index is 0.0360. The molecular weight excluding hydrogens is 538 g/mol. The minimum Gasteiger partial charge on any atom is -0.445 e. The van der Waals surface area contributed by atoms with Crippen LogP contribution in [0, 0.1) is 5.92 Å². The van der Waals surface area contributed by atoms with Gasteiger partial charge >= 0.3 is 16.3 Å². The zero-order valence-corrected chi connectivity index (χ0v) is 24.7. The Hall–Kier alpha value is -3.69. The maximum Gasteiger partial charge on any atom is 0.410 e. The van der Waals surface area contributed by atoms with Crippen molar-refractivity contribution in [1.29, 1.82) is 0 Å². The number of nitrogens with one attached hydrogen (secondary N) is 2. The van der Waals surface area contributed by atoms with Gasteiger partial charge in [-0.2, -0.15) is 13.1 Å². The molecule has 0 bridgehead atoms. The van der Waals surface area contributed by atoms with Crippen LogP contribution in [0.15, 0.2) is 84.9 Å². The molecule has 1 heterocycles. The number of likely N-dealkylation sites (tertiary alicyclic amines) is 1. The van der Waals surface area contributed by atoms with Crippen LogP contribution in [0.2, 0.25) is 0 Å². The Balaban J connectivity index is 1.39. The first-order valence-corrected chi connectivity index (χ1v) is 15.4. The van der Waals surface area contributed by atoms with Crippen LogP contribution in [-0.4, -0.2) is 44.4 Å². The SMILES string of the molecule is CC(C)(C)c1ccc(C(=O)NS(=O)(=O)NC(Cc2ccccc2)C2CCN(C(=O)OCc3ccccc3)CC2)cc1. The van der Waals surface area contributed by atoms with Crippen molar-refractivity contribution < 1.29 is 22.7 Å². The lowest BCUT2D eigenvalue weighted by Gasteiger charge is -2.35. The van der Waals surface area contributed by atoms with E-state index >= 15 is 0 Å². The second kappa shape index (κ2) is 13.3. The Kier molecular flexibility index (Phi) is 9.83. The van der Waals surface area contributed by atoms with E-state index in [0.717, 1.165) is 16.7 Å². The molecule has 8 nitrogen and oxygen atoms in total. The lowest BCUT2D eigenvalue weighted by Crippen LogP contribution is -2.51. The molecule has 2 N–H and O–H groups in total. The van der Waals surface area contributed by atoms with Crippen molar-refractivity contribution in [2.45, 2.75) is 58.1 Å². The van der Waals surface area contributed by atoms with Gasteiger partial charge in [-0.15, -0.1) is 0 Å². The summed E-state index contributed by atoms with van der Waals surface area (Å²) in [6.07, 6.45) is 1.28. The molecule has 1 aliphatic rings. The number of rotatable bonds is 9. The van der Waals surface area contributed by atoms with Crippen molar-refractivity contribution in [2.24, 2.45) is 5.92 Å². The highest BCUT2D eigenvalue weighted by Crippen LogP contribution is 2.25. The van der Waals surface area contributed by atoms with Crippen molar-refractivity contribution in [3.05, 3.63) is 107 Å². The highest BCUT2D eigenvalue weighted by Gasteiger charge is 2.32. The van der Waals surface area contributed by atoms with E-state index in [1.165, 1.54) is 0 Å². The molecule has 1 aliphatic heterocycles. The normalized spacial score (nSPS) is 15.2. The molecule has 1 unspecified atom stereocenters. The number of benzene rings is 3. The first-order chi connectivity index (χ1) is 19.5. The van der Waals surface area contributed by atoms with Crippen molar-refractivity contribution in [3.63, 3.8) is 0 Å². The van der Waals surface area contributed by atoms with Gasteiger partial charge in [0.25, 0.3) is 5.91 Å². The van der Waals surface area contributed by atoms with Gasteiger partial charge in [0, 0.05) is 24.7 Å². The number of carbonyl (C=O) groups is 2. The number of carbonyl (C=O) groups excluding carboxylic acids is 2. The zero-order valence-electron chi connectivity index (χ0n) is 23.9. The van der Waals surface area contributed by atoms with Gasteiger partial charge < -0.3 is 9.64 Å². The van der Waals surface area contributed by atoms with Crippen molar-refractivity contribution >= 4 is 22.2 Å². The minimum atomic E-state index is -4.16. The molecule has 1 atom stereocenters. The van der Waals surface area contributed by atoms with Gasteiger partial charge in [0.2, 0.25) is 0 Å². The smallest absolute Gasteiger partial charge is 0.410 e. The van der Waals surface area contributed by atoms with E-state index in [2.05, 4.69) is 30.2 Å². The molecule has 9 heteroatoms. The standard InChI is InChI=1S/C32H39N3O5S/c1-32(2,3)28-16-14-27(15-17-28)30(36)34-41(38,39)33-29(22-24-10-6-4-7-11-24)26-18-20-35(21-19-26)31(37)40-23-25-12-8-5-9-13-25/h4-17,26,29,33H,18-23H2,1-3H3,(H,34,36). The summed E-state index contributed by atoms with van der Waals surface area (Å²) >= 11 is 0. The first-order valence-electron chi connectivity index (χ1n) is 13.9. The van der Waals surface area contributed by atoms with Gasteiger partial charge in [-0.3, -0.25) is 4.79 Å². The summed E-state index contributed by atoms with van der Waals surface area (Å²) in [7, 11) is -4.16. The van der Waals surface area contributed by atoms with Gasteiger partial charge in [-0.25, -0.2) is 9.52 Å². The summed E-state index contributed by atoms with van der Waals surface area (Å²) in [5.74, 6) is -0.724. The molecule has 1 fully saturated rings. The summed E-state index contributed by atoms with van der Waals surface area (Å²) in [6, 6.07) is 25.6. The fourth-order valence-corrected chi connectivity index (χ4v) is 6.09. The number of hydrogen-bond donors (Lipinski definition) is 2. The van der Waals surface area contributed by atoms with Gasteiger partial charge in [0.05, 0.1) is 0 Å². The number of ether oxygens (including phenoxy) is 1. The quantitative estimate of drug-likeness (QED) is 0.363. The summed E-state index contributed by atoms with van der Waals surface area (Å²) in [5.41, 5.74) is 3.13. The third-order valence-electron chi connectivity index (χ3n) is 7.42. The Morgan fingerprint density at radius 1 is 0.878 bits per heavy atom. The van der Waals surface area contributed by atoms with Crippen LogP contribution in [0.25, 0.3) is 0 Å². The highest BCUT2D eigenvalue weighted by atomic mass is 32.2. The van der Waals surface area contributed by atoms with Crippen molar-refractivity contribution in [2.75, 3.05) is 13.1 Å². The molecule has 0 aliphatic carbocycles. The molecule has 1 saturated heterocycles. The van der Waals surface area contributed by atoms with Gasteiger partial charge in [-0.1, -0.05) is 93.6 Å². The average Bonchev–Trinajstić information content (AvgIpc) is 2.96.